The normalized spacial score (nSPS) is 18.2. The van der Waals surface area contributed by atoms with E-state index in [2.05, 4.69) is 0 Å². The number of para-hydroxylation sites is 1. The number of ether oxygens (including phenoxy) is 3. The van der Waals surface area contributed by atoms with E-state index in [0.29, 0.717) is 24.5 Å². The topological polar surface area (TPSA) is 91.1 Å². The summed E-state index contributed by atoms with van der Waals surface area (Å²) in [6.07, 6.45) is 0. The van der Waals surface area contributed by atoms with Crippen molar-refractivity contribution in [2.24, 2.45) is 0 Å². The summed E-state index contributed by atoms with van der Waals surface area (Å²) in [7, 11) is 2.76. The number of anilines is 1. The third-order valence-electron chi connectivity index (χ3n) is 3.38. The van der Waals surface area contributed by atoms with Crippen molar-refractivity contribution < 1.29 is 23.8 Å². The summed E-state index contributed by atoms with van der Waals surface area (Å²) in [5.74, 6) is -0.432. The lowest BCUT2D eigenvalue weighted by atomic mass is 10.1. The van der Waals surface area contributed by atoms with Crippen LogP contribution >= 0.6 is 0 Å². The van der Waals surface area contributed by atoms with E-state index in [1.54, 1.807) is 18.2 Å². The van der Waals surface area contributed by atoms with E-state index in [-0.39, 0.29) is 18.2 Å². The summed E-state index contributed by atoms with van der Waals surface area (Å²) in [6, 6.07) is 4.19. The number of benzene rings is 1. The Morgan fingerprint density at radius 3 is 2.81 bits per heavy atom. The van der Waals surface area contributed by atoms with Gasteiger partial charge in [0.2, 0.25) is 0 Å². The van der Waals surface area contributed by atoms with Gasteiger partial charge in [-0.2, -0.15) is 0 Å². The van der Waals surface area contributed by atoms with Gasteiger partial charge in [0.05, 0.1) is 38.7 Å². The third kappa shape index (κ3) is 2.92. The molecule has 1 atom stereocenters. The minimum Gasteiger partial charge on any atom is -0.495 e. The Kier molecular flexibility index (Phi) is 4.64. The maximum atomic E-state index is 12.6. The van der Waals surface area contributed by atoms with Gasteiger partial charge in [0, 0.05) is 6.54 Å². The van der Waals surface area contributed by atoms with Gasteiger partial charge >= 0.3 is 5.97 Å². The van der Waals surface area contributed by atoms with Gasteiger partial charge < -0.3 is 24.8 Å². The number of amides is 1. The van der Waals surface area contributed by atoms with Crippen LogP contribution in [0.15, 0.2) is 18.2 Å². The number of methoxy groups -OCH3 is 2. The quantitative estimate of drug-likeness (QED) is 0.636. The van der Waals surface area contributed by atoms with Crippen molar-refractivity contribution in [3.05, 3.63) is 23.8 Å². The SMILES string of the molecule is COC(=O)C1COCCN1C(=O)c1cccc(OC)c1N. The first-order valence-electron chi connectivity index (χ1n) is 6.49. The molecule has 1 heterocycles. The van der Waals surface area contributed by atoms with Crippen molar-refractivity contribution in [2.75, 3.05) is 39.7 Å². The van der Waals surface area contributed by atoms with Crippen molar-refractivity contribution in [3.63, 3.8) is 0 Å². The van der Waals surface area contributed by atoms with Crippen LogP contribution < -0.4 is 10.5 Å². The standard InChI is InChI=1S/C14H18N2O5/c1-19-11-5-3-4-9(12(11)15)13(17)16-6-7-21-8-10(16)14(18)20-2/h3-5,10H,6-8,15H2,1-2H3. The average molecular weight is 294 g/mol. The molecular formula is C14H18N2O5. The largest absolute Gasteiger partial charge is 0.495 e. The molecule has 1 saturated heterocycles. The van der Waals surface area contributed by atoms with Gasteiger partial charge in [-0.25, -0.2) is 4.79 Å². The molecule has 0 aliphatic carbocycles. The van der Waals surface area contributed by atoms with E-state index >= 15 is 0 Å². The number of carbonyl (C=O) groups excluding carboxylic acids is 2. The first kappa shape index (κ1) is 15.1. The van der Waals surface area contributed by atoms with E-state index in [4.69, 9.17) is 19.9 Å². The molecule has 2 rings (SSSR count). The highest BCUT2D eigenvalue weighted by Crippen LogP contribution is 2.26. The number of nitrogens with zero attached hydrogens (tertiary/aromatic N) is 1. The average Bonchev–Trinajstić information content (AvgIpc) is 2.53. The van der Waals surface area contributed by atoms with Gasteiger partial charge in [-0.15, -0.1) is 0 Å². The van der Waals surface area contributed by atoms with E-state index in [9.17, 15) is 9.59 Å². The highest BCUT2D eigenvalue weighted by atomic mass is 16.5. The zero-order chi connectivity index (χ0) is 15.4. The molecule has 0 aromatic heterocycles. The first-order chi connectivity index (χ1) is 10.1. The number of nitrogen functional groups attached to an aromatic ring is 1. The van der Waals surface area contributed by atoms with Crippen molar-refractivity contribution in [2.45, 2.75) is 6.04 Å². The molecule has 1 aromatic rings. The Balaban J connectivity index is 2.31. The molecule has 0 radical (unpaired) electrons. The van der Waals surface area contributed by atoms with Gasteiger partial charge in [0.25, 0.3) is 5.91 Å². The molecule has 1 fully saturated rings. The number of morpholine rings is 1. The molecule has 2 N–H and O–H groups in total. The molecule has 1 aliphatic rings. The summed E-state index contributed by atoms with van der Waals surface area (Å²) in [4.78, 5) is 25.8. The minimum atomic E-state index is -0.762. The van der Waals surface area contributed by atoms with Crippen LogP contribution in [0, 0.1) is 0 Å². The fraction of sp³-hybridized carbons (Fsp3) is 0.429. The van der Waals surface area contributed by atoms with Crippen LogP contribution in [0.2, 0.25) is 0 Å². The molecule has 114 valence electrons. The summed E-state index contributed by atoms with van der Waals surface area (Å²) in [6.45, 7) is 0.778. The summed E-state index contributed by atoms with van der Waals surface area (Å²) in [5, 5.41) is 0. The summed E-state index contributed by atoms with van der Waals surface area (Å²) < 4.78 is 15.1. The maximum absolute atomic E-state index is 12.6. The van der Waals surface area contributed by atoms with Gasteiger partial charge in [-0.1, -0.05) is 6.07 Å². The summed E-state index contributed by atoms with van der Waals surface area (Å²) in [5.41, 5.74) is 6.48. The van der Waals surface area contributed by atoms with Crippen molar-refractivity contribution in [3.8, 4) is 5.75 Å². The number of carbonyl (C=O) groups is 2. The van der Waals surface area contributed by atoms with Crippen LogP contribution in [0.4, 0.5) is 5.69 Å². The van der Waals surface area contributed by atoms with E-state index in [0.717, 1.165) is 0 Å². The fourth-order valence-corrected chi connectivity index (χ4v) is 2.24. The Bertz CT molecular complexity index is 546. The molecule has 0 spiro atoms. The van der Waals surface area contributed by atoms with Crippen LogP contribution in [0.1, 0.15) is 10.4 Å². The highest BCUT2D eigenvalue weighted by molar-refractivity contribution is 6.02. The Hall–Kier alpha value is -2.28. The van der Waals surface area contributed by atoms with Crippen LogP contribution in [0.3, 0.4) is 0 Å². The number of nitrogens with two attached hydrogens (primary N) is 1. The number of hydrogen-bond acceptors (Lipinski definition) is 6. The van der Waals surface area contributed by atoms with Crippen molar-refractivity contribution in [1.82, 2.24) is 4.90 Å². The Morgan fingerprint density at radius 1 is 1.38 bits per heavy atom. The van der Waals surface area contributed by atoms with Crippen molar-refractivity contribution in [1.29, 1.82) is 0 Å². The van der Waals surface area contributed by atoms with Gasteiger partial charge in [-0.3, -0.25) is 4.79 Å². The molecule has 0 bridgehead atoms. The molecule has 1 amide bonds. The zero-order valence-electron chi connectivity index (χ0n) is 12.0. The highest BCUT2D eigenvalue weighted by Gasteiger charge is 2.35. The predicted molar refractivity (Wildman–Crippen MR) is 75.1 cm³/mol. The lowest BCUT2D eigenvalue weighted by molar-refractivity contribution is -0.151. The summed E-state index contributed by atoms with van der Waals surface area (Å²) >= 11 is 0. The van der Waals surface area contributed by atoms with Crippen LogP contribution in [0.25, 0.3) is 0 Å². The molecule has 0 saturated carbocycles. The minimum absolute atomic E-state index is 0.113. The lowest BCUT2D eigenvalue weighted by Gasteiger charge is -2.34. The van der Waals surface area contributed by atoms with Gasteiger partial charge in [0.1, 0.15) is 5.75 Å². The second-order valence-electron chi connectivity index (χ2n) is 4.53. The van der Waals surface area contributed by atoms with E-state index in [1.807, 2.05) is 0 Å². The van der Waals surface area contributed by atoms with Crippen molar-refractivity contribution >= 4 is 17.6 Å². The molecule has 7 heteroatoms. The molecule has 1 aliphatic heterocycles. The molecule has 21 heavy (non-hydrogen) atoms. The molecule has 1 unspecified atom stereocenters. The van der Waals surface area contributed by atoms with Crippen LogP contribution in [-0.2, 0) is 14.3 Å². The first-order valence-corrected chi connectivity index (χ1v) is 6.49. The zero-order valence-corrected chi connectivity index (χ0v) is 12.0. The van der Waals surface area contributed by atoms with E-state index in [1.165, 1.54) is 19.1 Å². The fourth-order valence-electron chi connectivity index (χ4n) is 2.24. The smallest absolute Gasteiger partial charge is 0.331 e. The maximum Gasteiger partial charge on any atom is 0.331 e. The number of rotatable bonds is 3. The second kappa shape index (κ2) is 6.45. The van der Waals surface area contributed by atoms with Crippen LogP contribution in [0.5, 0.6) is 5.75 Å². The number of esters is 1. The third-order valence-corrected chi connectivity index (χ3v) is 3.38. The van der Waals surface area contributed by atoms with E-state index < -0.39 is 12.0 Å². The predicted octanol–water partition coefficient (Wildman–Crippen LogP) is 0.291. The lowest BCUT2D eigenvalue weighted by Crippen LogP contribution is -2.53. The number of hydrogen-bond donors (Lipinski definition) is 1. The van der Waals surface area contributed by atoms with Gasteiger partial charge in [0.15, 0.2) is 6.04 Å². The Morgan fingerprint density at radius 2 is 2.14 bits per heavy atom. The Labute approximate surface area is 122 Å². The molecule has 1 aromatic carbocycles. The second-order valence-corrected chi connectivity index (χ2v) is 4.53. The monoisotopic (exact) mass is 294 g/mol. The van der Waals surface area contributed by atoms with Gasteiger partial charge in [-0.05, 0) is 12.1 Å². The molecular weight excluding hydrogens is 276 g/mol. The molecule has 7 nitrogen and oxygen atoms in total. The van der Waals surface area contributed by atoms with Crippen LogP contribution in [-0.4, -0.2) is 56.8 Å².